The van der Waals surface area contributed by atoms with Crippen LogP contribution in [0.15, 0.2) is 60.7 Å². The fourth-order valence-electron chi connectivity index (χ4n) is 5.55. The van der Waals surface area contributed by atoms with Crippen molar-refractivity contribution in [2.24, 2.45) is 5.92 Å². The van der Waals surface area contributed by atoms with Gasteiger partial charge in [-0.1, -0.05) is 165 Å². The number of aliphatic hydroxyl groups excluding tert-OH is 1. The number of unbranched alkanes of at least 4 members (excludes halogenated alkanes) is 12. The summed E-state index contributed by atoms with van der Waals surface area (Å²) >= 11 is 0. The van der Waals surface area contributed by atoms with Crippen LogP contribution in [0.2, 0.25) is 0 Å². The van der Waals surface area contributed by atoms with Crippen molar-refractivity contribution in [1.29, 1.82) is 0 Å². The number of hydrogen-bond acceptors (Lipinski definition) is 2. The van der Waals surface area contributed by atoms with Gasteiger partial charge >= 0.3 is 0 Å². The maximum atomic E-state index is 11.3. The van der Waals surface area contributed by atoms with E-state index in [4.69, 9.17) is 0 Å². The van der Waals surface area contributed by atoms with Gasteiger partial charge in [0.2, 0.25) is 0 Å². The van der Waals surface area contributed by atoms with E-state index in [2.05, 4.69) is 86.3 Å². The summed E-state index contributed by atoms with van der Waals surface area (Å²) in [4.78, 5) is 2.50. The van der Waals surface area contributed by atoms with Crippen LogP contribution < -0.4 is 0 Å². The van der Waals surface area contributed by atoms with Crippen molar-refractivity contribution < 1.29 is 5.11 Å². The summed E-state index contributed by atoms with van der Waals surface area (Å²) < 4.78 is 0. The molecule has 0 heterocycles. The van der Waals surface area contributed by atoms with E-state index >= 15 is 0 Å². The van der Waals surface area contributed by atoms with Crippen LogP contribution in [0.3, 0.4) is 0 Å². The van der Waals surface area contributed by atoms with Crippen LogP contribution in [0.4, 0.5) is 0 Å². The molecule has 0 bridgehead atoms. The minimum absolute atomic E-state index is 0.155. The van der Waals surface area contributed by atoms with Crippen molar-refractivity contribution in [1.82, 2.24) is 4.90 Å². The standard InChI is InChI=1S/C34H55NO/c1-4-5-6-7-8-9-10-11-12-13-14-15-22-27-33(36)34(30(2)3)35(28-31-23-18-16-19-24-31)29-32-25-20-17-21-26-32/h16-21,23-26,30,33-34,36H,4-15,22,27-29H2,1-3H3/t33-,34+/m1/s1. The smallest absolute Gasteiger partial charge is 0.0698 e. The summed E-state index contributed by atoms with van der Waals surface area (Å²) in [5.41, 5.74) is 2.62. The SMILES string of the molecule is CCCCCCCCCCCCCCC[C@@H](O)[C@H](C(C)C)N(Cc1ccccc1)Cc1ccccc1. The zero-order chi connectivity index (χ0) is 25.8. The van der Waals surface area contributed by atoms with E-state index in [1.54, 1.807) is 0 Å². The van der Waals surface area contributed by atoms with Gasteiger partial charge in [0.1, 0.15) is 0 Å². The molecule has 0 saturated carbocycles. The zero-order valence-corrected chi connectivity index (χ0v) is 23.7. The average molecular weight is 494 g/mol. The molecule has 0 saturated heterocycles. The van der Waals surface area contributed by atoms with E-state index < -0.39 is 0 Å². The molecule has 2 heteroatoms. The van der Waals surface area contributed by atoms with Crippen LogP contribution in [0, 0.1) is 5.92 Å². The topological polar surface area (TPSA) is 23.5 Å². The first-order valence-electron chi connectivity index (χ1n) is 15.1. The van der Waals surface area contributed by atoms with Gasteiger partial charge in [0.25, 0.3) is 0 Å². The van der Waals surface area contributed by atoms with Gasteiger partial charge in [0, 0.05) is 19.1 Å². The van der Waals surface area contributed by atoms with Gasteiger partial charge in [0.15, 0.2) is 0 Å². The fraction of sp³-hybridized carbons (Fsp3) is 0.647. The minimum atomic E-state index is -0.287. The van der Waals surface area contributed by atoms with Gasteiger partial charge in [-0.15, -0.1) is 0 Å². The highest BCUT2D eigenvalue weighted by Gasteiger charge is 2.29. The second kappa shape index (κ2) is 19.5. The molecule has 1 N–H and O–H groups in total. The molecule has 2 aromatic carbocycles. The molecule has 2 rings (SSSR count). The fourth-order valence-corrected chi connectivity index (χ4v) is 5.55. The molecule has 0 aliphatic carbocycles. The van der Waals surface area contributed by atoms with Gasteiger partial charge < -0.3 is 5.11 Å². The summed E-state index contributed by atoms with van der Waals surface area (Å²) in [5, 5.41) is 11.3. The highest BCUT2D eigenvalue weighted by Crippen LogP contribution is 2.24. The lowest BCUT2D eigenvalue weighted by atomic mass is 9.92. The molecule has 0 radical (unpaired) electrons. The van der Waals surface area contributed by atoms with E-state index in [1.165, 1.54) is 88.2 Å². The van der Waals surface area contributed by atoms with Gasteiger partial charge in [0.05, 0.1) is 6.10 Å². The first-order chi connectivity index (χ1) is 17.6. The molecular weight excluding hydrogens is 438 g/mol. The zero-order valence-electron chi connectivity index (χ0n) is 23.7. The highest BCUT2D eigenvalue weighted by molar-refractivity contribution is 5.17. The summed E-state index contributed by atoms with van der Waals surface area (Å²) in [5.74, 6) is 0.398. The van der Waals surface area contributed by atoms with Gasteiger partial charge in [-0.05, 0) is 23.5 Å². The lowest BCUT2D eigenvalue weighted by molar-refractivity contribution is 0.00841. The number of rotatable bonds is 21. The van der Waals surface area contributed by atoms with E-state index in [-0.39, 0.29) is 12.1 Å². The molecular formula is C34H55NO. The number of benzene rings is 2. The van der Waals surface area contributed by atoms with Gasteiger partial charge in [-0.3, -0.25) is 4.90 Å². The molecule has 0 spiro atoms. The Morgan fingerprint density at radius 1 is 0.583 bits per heavy atom. The van der Waals surface area contributed by atoms with Crippen LogP contribution in [-0.2, 0) is 13.1 Å². The van der Waals surface area contributed by atoms with Crippen LogP contribution in [0.25, 0.3) is 0 Å². The number of nitrogens with zero attached hydrogens (tertiary/aromatic N) is 1. The van der Waals surface area contributed by atoms with Gasteiger partial charge in [-0.25, -0.2) is 0 Å². The van der Waals surface area contributed by atoms with Crippen molar-refractivity contribution in [3.8, 4) is 0 Å². The Morgan fingerprint density at radius 3 is 1.36 bits per heavy atom. The van der Waals surface area contributed by atoms with E-state index in [0.29, 0.717) is 5.92 Å². The Morgan fingerprint density at radius 2 is 0.972 bits per heavy atom. The average Bonchev–Trinajstić information content (AvgIpc) is 2.88. The molecule has 0 fully saturated rings. The third-order valence-corrected chi connectivity index (χ3v) is 7.56. The first-order valence-corrected chi connectivity index (χ1v) is 15.1. The Bertz CT molecular complexity index is 703. The summed E-state index contributed by atoms with van der Waals surface area (Å²) in [6.45, 7) is 8.56. The van der Waals surface area contributed by atoms with Crippen LogP contribution in [-0.4, -0.2) is 22.2 Å². The Labute approximate surface area is 223 Å². The Balaban J connectivity index is 1.74. The quantitative estimate of drug-likeness (QED) is 0.175. The second-order valence-electron chi connectivity index (χ2n) is 11.2. The lowest BCUT2D eigenvalue weighted by Crippen LogP contribution is -2.46. The molecule has 2 nitrogen and oxygen atoms in total. The van der Waals surface area contributed by atoms with E-state index in [0.717, 1.165) is 25.9 Å². The maximum Gasteiger partial charge on any atom is 0.0698 e. The third-order valence-electron chi connectivity index (χ3n) is 7.56. The normalized spacial score (nSPS) is 13.4. The molecule has 2 aromatic rings. The molecule has 0 aliphatic rings. The summed E-state index contributed by atoms with van der Waals surface area (Å²) in [7, 11) is 0. The van der Waals surface area contributed by atoms with Crippen LogP contribution in [0.1, 0.15) is 122 Å². The van der Waals surface area contributed by atoms with Crippen molar-refractivity contribution in [2.75, 3.05) is 0 Å². The molecule has 36 heavy (non-hydrogen) atoms. The molecule has 0 amide bonds. The molecule has 202 valence electrons. The minimum Gasteiger partial charge on any atom is -0.391 e. The summed E-state index contributed by atoms with van der Waals surface area (Å²) in [6.07, 6.45) is 18.3. The van der Waals surface area contributed by atoms with Crippen LogP contribution in [0.5, 0.6) is 0 Å². The highest BCUT2D eigenvalue weighted by atomic mass is 16.3. The van der Waals surface area contributed by atoms with E-state index in [1.807, 2.05) is 0 Å². The summed E-state index contributed by atoms with van der Waals surface area (Å²) in [6, 6.07) is 21.6. The number of hydrogen-bond donors (Lipinski definition) is 1. The van der Waals surface area contributed by atoms with Gasteiger partial charge in [-0.2, -0.15) is 0 Å². The van der Waals surface area contributed by atoms with E-state index in [9.17, 15) is 5.11 Å². The molecule has 0 aromatic heterocycles. The lowest BCUT2D eigenvalue weighted by Gasteiger charge is -2.38. The van der Waals surface area contributed by atoms with Crippen molar-refractivity contribution >= 4 is 0 Å². The Hall–Kier alpha value is -1.64. The predicted molar refractivity (Wildman–Crippen MR) is 157 cm³/mol. The monoisotopic (exact) mass is 493 g/mol. The molecule has 2 atom stereocenters. The third kappa shape index (κ3) is 13.1. The maximum absolute atomic E-state index is 11.3. The molecule has 0 unspecified atom stereocenters. The van der Waals surface area contributed by atoms with Crippen molar-refractivity contribution in [3.63, 3.8) is 0 Å². The first kappa shape index (κ1) is 30.6. The Kier molecular flexibility index (Phi) is 16.5. The largest absolute Gasteiger partial charge is 0.391 e. The van der Waals surface area contributed by atoms with Crippen molar-refractivity contribution in [3.05, 3.63) is 71.8 Å². The molecule has 0 aliphatic heterocycles. The number of aliphatic hydroxyl groups is 1. The van der Waals surface area contributed by atoms with Crippen molar-refractivity contribution in [2.45, 2.75) is 136 Å². The second-order valence-corrected chi connectivity index (χ2v) is 11.2. The predicted octanol–water partition coefficient (Wildman–Crippen LogP) is 9.56. The van der Waals surface area contributed by atoms with Crippen LogP contribution >= 0.6 is 0 Å².